The Labute approximate surface area is 117 Å². The summed E-state index contributed by atoms with van der Waals surface area (Å²) in [6.07, 6.45) is 6.79. The van der Waals surface area contributed by atoms with Crippen LogP contribution in [0.5, 0.6) is 0 Å². The zero-order valence-electron chi connectivity index (χ0n) is 12.7. The molecule has 0 aromatic heterocycles. The largest absolute Gasteiger partial charge is 0.377 e. The van der Waals surface area contributed by atoms with Gasteiger partial charge in [-0.05, 0) is 25.7 Å². The molecule has 1 fully saturated rings. The van der Waals surface area contributed by atoms with Crippen molar-refractivity contribution in [2.24, 2.45) is 5.92 Å². The van der Waals surface area contributed by atoms with Crippen LogP contribution in [0.25, 0.3) is 0 Å². The maximum Gasteiger partial charge on any atom is 0.236 e. The molecule has 1 aliphatic carbocycles. The van der Waals surface area contributed by atoms with Gasteiger partial charge in [0.15, 0.2) is 0 Å². The van der Waals surface area contributed by atoms with Gasteiger partial charge in [-0.2, -0.15) is 0 Å². The van der Waals surface area contributed by atoms with E-state index in [9.17, 15) is 4.79 Å². The molecule has 0 bridgehead atoms. The highest BCUT2D eigenvalue weighted by atomic mass is 16.5. The van der Waals surface area contributed by atoms with Crippen molar-refractivity contribution in [3.8, 4) is 0 Å². The van der Waals surface area contributed by atoms with E-state index in [4.69, 9.17) is 4.74 Å². The first-order chi connectivity index (χ1) is 9.09. The molecule has 0 aromatic rings. The molecule has 0 aliphatic heterocycles. The van der Waals surface area contributed by atoms with Crippen molar-refractivity contribution in [3.63, 3.8) is 0 Å². The number of hydrogen-bond donors (Lipinski definition) is 2. The van der Waals surface area contributed by atoms with Gasteiger partial charge in [-0.15, -0.1) is 0 Å². The lowest BCUT2D eigenvalue weighted by molar-refractivity contribution is -0.123. The van der Waals surface area contributed by atoms with Crippen molar-refractivity contribution >= 4 is 5.91 Å². The van der Waals surface area contributed by atoms with Crippen molar-refractivity contribution < 1.29 is 9.53 Å². The third-order valence-corrected chi connectivity index (χ3v) is 3.54. The fraction of sp³-hybridized carbons (Fsp3) is 0.933. The van der Waals surface area contributed by atoms with Crippen molar-refractivity contribution in [2.75, 3.05) is 19.7 Å². The zero-order chi connectivity index (χ0) is 14.1. The van der Waals surface area contributed by atoms with Crippen LogP contribution in [0.3, 0.4) is 0 Å². The minimum absolute atomic E-state index is 0.0753. The lowest BCUT2D eigenvalue weighted by Crippen LogP contribution is -2.44. The summed E-state index contributed by atoms with van der Waals surface area (Å²) >= 11 is 0. The fourth-order valence-corrected chi connectivity index (χ4v) is 2.28. The quantitative estimate of drug-likeness (QED) is 0.664. The van der Waals surface area contributed by atoms with E-state index in [1.54, 1.807) is 0 Å². The van der Waals surface area contributed by atoms with Crippen LogP contribution in [0.2, 0.25) is 0 Å². The predicted octanol–water partition coefficient (Wildman–Crippen LogP) is 2.09. The van der Waals surface area contributed by atoms with Gasteiger partial charge in [0.05, 0.1) is 18.8 Å². The van der Waals surface area contributed by atoms with Crippen LogP contribution in [-0.2, 0) is 9.53 Å². The van der Waals surface area contributed by atoms with Crippen LogP contribution in [0, 0.1) is 5.92 Å². The van der Waals surface area contributed by atoms with Gasteiger partial charge >= 0.3 is 0 Å². The Morgan fingerprint density at radius 2 is 1.89 bits per heavy atom. The average Bonchev–Trinajstić information content (AvgIpc) is 2.41. The van der Waals surface area contributed by atoms with Gasteiger partial charge in [-0.3, -0.25) is 4.79 Å². The van der Waals surface area contributed by atoms with Crippen molar-refractivity contribution in [1.82, 2.24) is 10.6 Å². The van der Waals surface area contributed by atoms with Crippen LogP contribution in [-0.4, -0.2) is 37.7 Å². The van der Waals surface area contributed by atoms with E-state index in [2.05, 4.69) is 24.5 Å². The lowest BCUT2D eigenvalue weighted by Gasteiger charge is -2.22. The molecule has 0 radical (unpaired) electrons. The number of hydrogen-bond acceptors (Lipinski definition) is 3. The molecule has 1 unspecified atom stereocenters. The maximum atomic E-state index is 11.7. The first-order valence-corrected chi connectivity index (χ1v) is 7.72. The zero-order valence-corrected chi connectivity index (χ0v) is 12.7. The van der Waals surface area contributed by atoms with Crippen molar-refractivity contribution in [2.45, 2.75) is 65.0 Å². The molecule has 0 spiro atoms. The molecular weight excluding hydrogens is 240 g/mol. The van der Waals surface area contributed by atoms with Crippen LogP contribution in [0.15, 0.2) is 0 Å². The summed E-state index contributed by atoms with van der Waals surface area (Å²) in [4.78, 5) is 11.7. The van der Waals surface area contributed by atoms with Gasteiger partial charge in [0, 0.05) is 13.1 Å². The third kappa shape index (κ3) is 7.53. The van der Waals surface area contributed by atoms with Gasteiger partial charge in [0.2, 0.25) is 5.91 Å². The number of nitrogens with one attached hydrogen (secondary N) is 2. The highest BCUT2D eigenvalue weighted by Crippen LogP contribution is 2.19. The molecule has 2 N–H and O–H groups in total. The van der Waals surface area contributed by atoms with E-state index >= 15 is 0 Å². The lowest BCUT2D eigenvalue weighted by atomic mass is 9.98. The number of rotatable bonds is 8. The molecule has 112 valence electrons. The molecule has 1 atom stereocenters. The highest BCUT2D eigenvalue weighted by Gasteiger charge is 2.14. The second-order valence-corrected chi connectivity index (χ2v) is 5.95. The fourth-order valence-electron chi connectivity index (χ4n) is 2.28. The summed E-state index contributed by atoms with van der Waals surface area (Å²) in [7, 11) is 0. The molecule has 0 aromatic carbocycles. The molecular formula is C15H30N2O2. The Bertz CT molecular complexity index is 251. The summed E-state index contributed by atoms with van der Waals surface area (Å²) < 4.78 is 5.82. The summed E-state index contributed by atoms with van der Waals surface area (Å²) in [6, 6.07) is -0.145. The van der Waals surface area contributed by atoms with Crippen molar-refractivity contribution in [3.05, 3.63) is 0 Å². The normalized spacial score (nSPS) is 18.5. The number of ether oxygens (including phenoxy) is 1. The summed E-state index contributed by atoms with van der Waals surface area (Å²) in [6.45, 7) is 8.27. The van der Waals surface area contributed by atoms with Gasteiger partial charge in [-0.25, -0.2) is 0 Å². The van der Waals surface area contributed by atoms with E-state index in [1.165, 1.54) is 32.1 Å². The Hall–Kier alpha value is -0.610. The van der Waals surface area contributed by atoms with Crippen LogP contribution in [0.1, 0.15) is 52.9 Å². The Kier molecular flexibility index (Phi) is 8.07. The van der Waals surface area contributed by atoms with Gasteiger partial charge < -0.3 is 15.4 Å². The summed E-state index contributed by atoms with van der Waals surface area (Å²) in [5, 5.41) is 6.14. The smallest absolute Gasteiger partial charge is 0.236 e. The maximum absolute atomic E-state index is 11.7. The molecule has 0 saturated heterocycles. The second-order valence-electron chi connectivity index (χ2n) is 5.95. The Morgan fingerprint density at radius 3 is 2.53 bits per heavy atom. The molecule has 0 heterocycles. The van der Waals surface area contributed by atoms with Gasteiger partial charge in [0.1, 0.15) is 0 Å². The SMILES string of the molecule is CC(C)CNC(=O)C(C)NCCOC1CCCCC1. The molecule has 19 heavy (non-hydrogen) atoms. The highest BCUT2D eigenvalue weighted by molar-refractivity contribution is 5.81. The van der Waals surface area contributed by atoms with Gasteiger partial charge in [-0.1, -0.05) is 33.1 Å². The Balaban J connectivity index is 2.02. The molecule has 4 nitrogen and oxygen atoms in total. The minimum Gasteiger partial charge on any atom is -0.377 e. The summed E-state index contributed by atoms with van der Waals surface area (Å²) in [5.74, 6) is 0.567. The monoisotopic (exact) mass is 270 g/mol. The van der Waals surface area contributed by atoms with E-state index in [0.717, 1.165) is 13.1 Å². The standard InChI is InChI=1S/C15H30N2O2/c1-12(2)11-17-15(18)13(3)16-9-10-19-14-7-5-4-6-8-14/h12-14,16H,4-11H2,1-3H3,(H,17,18). The van der Waals surface area contributed by atoms with E-state index in [0.29, 0.717) is 18.6 Å². The average molecular weight is 270 g/mol. The first-order valence-electron chi connectivity index (χ1n) is 7.72. The molecule has 1 rings (SSSR count). The third-order valence-electron chi connectivity index (χ3n) is 3.54. The van der Waals surface area contributed by atoms with Crippen LogP contribution < -0.4 is 10.6 Å². The number of amides is 1. The number of carbonyl (C=O) groups excluding carboxylic acids is 1. The topological polar surface area (TPSA) is 50.4 Å². The molecule has 1 saturated carbocycles. The van der Waals surface area contributed by atoms with E-state index in [1.807, 2.05) is 6.92 Å². The molecule has 1 amide bonds. The van der Waals surface area contributed by atoms with Crippen LogP contribution in [0.4, 0.5) is 0 Å². The van der Waals surface area contributed by atoms with Gasteiger partial charge in [0.25, 0.3) is 0 Å². The number of carbonyl (C=O) groups is 1. The molecule has 4 heteroatoms. The predicted molar refractivity (Wildman–Crippen MR) is 78.1 cm³/mol. The minimum atomic E-state index is -0.145. The van der Waals surface area contributed by atoms with Crippen LogP contribution >= 0.6 is 0 Å². The first kappa shape index (κ1) is 16.4. The Morgan fingerprint density at radius 1 is 1.21 bits per heavy atom. The molecule has 1 aliphatic rings. The van der Waals surface area contributed by atoms with Crippen molar-refractivity contribution in [1.29, 1.82) is 0 Å². The second kappa shape index (κ2) is 9.32. The van der Waals surface area contributed by atoms with E-state index < -0.39 is 0 Å². The van der Waals surface area contributed by atoms with E-state index in [-0.39, 0.29) is 11.9 Å². The summed E-state index contributed by atoms with van der Waals surface area (Å²) in [5.41, 5.74) is 0.